The summed E-state index contributed by atoms with van der Waals surface area (Å²) in [6.07, 6.45) is -1.19. The molecule has 0 aliphatic heterocycles. The molecule has 17 heavy (non-hydrogen) atoms. The number of rotatable bonds is 4. The van der Waals surface area contributed by atoms with Gasteiger partial charge in [0.1, 0.15) is 0 Å². The highest BCUT2D eigenvalue weighted by Gasteiger charge is 2.19. The quantitative estimate of drug-likeness (QED) is 0.873. The van der Waals surface area contributed by atoms with Gasteiger partial charge in [-0.15, -0.1) is 0 Å². The molecule has 0 fully saturated rings. The van der Waals surface area contributed by atoms with Crippen LogP contribution in [-0.2, 0) is 11.2 Å². The molecule has 86 valence electrons. The van der Waals surface area contributed by atoms with Crippen molar-refractivity contribution in [2.45, 2.75) is 12.3 Å². The van der Waals surface area contributed by atoms with E-state index in [-0.39, 0.29) is 0 Å². The maximum atomic E-state index is 11.5. The Balaban J connectivity index is 2.49. The molecule has 0 saturated carbocycles. The third kappa shape index (κ3) is 2.94. The number of aliphatic carboxylic acids is 1. The molecule has 0 bridgehead atoms. The van der Waals surface area contributed by atoms with E-state index in [1.807, 2.05) is 0 Å². The van der Waals surface area contributed by atoms with Gasteiger partial charge in [0.05, 0.1) is 5.89 Å². The monoisotopic (exact) mass is 228 g/mol. The molecule has 2 unspecified atom stereocenters. The van der Waals surface area contributed by atoms with Crippen LogP contribution in [0.15, 0.2) is 60.7 Å². The van der Waals surface area contributed by atoms with Gasteiger partial charge in [0.15, 0.2) is 0 Å². The smallest absolute Gasteiger partial charge is 0.311 e. The van der Waals surface area contributed by atoms with Crippen molar-refractivity contribution in [3.63, 3.8) is 0 Å². The largest absolute Gasteiger partial charge is 0.481 e. The van der Waals surface area contributed by atoms with E-state index >= 15 is 0 Å². The van der Waals surface area contributed by atoms with E-state index < -0.39 is 18.3 Å². The van der Waals surface area contributed by atoms with Gasteiger partial charge >= 0.3 is 5.97 Å². The molecule has 2 aromatic carbocycles. The van der Waals surface area contributed by atoms with Gasteiger partial charge in [-0.3, -0.25) is 4.79 Å². The second-order valence-electron chi connectivity index (χ2n) is 3.64. The maximum absolute atomic E-state index is 11.5. The van der Waals surface area contributed by atoms with Crippen molar-refractivity contribution >= 4 is 5.97 Å². The number of carboxylic acid groups (broad SMARTS) is 1. The van der Waals surface area contributed by atoms with Crippen molar-refractivity contribution in [1.82, 2.24) is 0 Å². The molecule has 0 aromatic heterocycles. The second kappa shape index (κ2) is 5.30. The van der Waals surface area contributed by atoms with Crippen molar-refractivity contribution in [2.24, 2.45) is 0 Å². The third-order valence-electron chi connectivity index (χ3n) is 2.43. The first-order chi connectivity index (χ1) is 9.06. The van der Waals surface area contributed by atoms with Crippen molar-refractivity contribution in [1.29, 1.82) is 0 Å². The van der Waals surface area contributed by atoms with Gasteiger partial charge in [-0.05, 0) is 17.5 Å². The maximum Gasteiger partial charge on any atom is 0.311 e. The second-order valence-corrected chi connectivity index (χ2v) is 3.64. The van der Waals surface area contributed by atoms with E-state index in [1.54, 1.807) is 60.7 Å². The predicted molar refractivity (Wildman–Crippen MR) is 67.0 cm³/mol. The van der Waals surface area contributed by atoms with Crippen LogP contribution >= 0.6 is 0 Å². The fourth-order valence-corrected chi connectivity index (χ4v) is 1.60. The molecule has 2 rings (SSSR count). The Morgan fingerprint density at radius 1 is 1.12 bits per heavy atom. The van der Waals surface area contributed by atoms with Crippen molar-refractivity contribution in [3.05, 3.63) is 71.8 Å². The van der Waals surface area contributed by atoms with Crippen LogP contribution in [0.25, 0.3) is 0 Å². The highest BCUT2D eigenvalue weighted by Crippen LogP contribution is 2.20. The summed E-state index contributed by atoms with van der Waals surface area (Å²) in [7, 11) is 0. The van der Waals surface area contributed by atoms with Crippen molar-refractivity contribution in [3.8, 4) is 0 Å². The van der Waals surface area contributed by atoms with E-state index in [0.29, 0.717) is 11.1 Å². The lowest BCUT2D eigenvalue weighted by Crippen LogP contribution is -2.14. The van der Waals surface area contributed by atoms with Crippen molar-refractivity contribution in [2.75, 3.05) is 0 Å². The Labute approximate surface area is 103 Å². The minimum Gasteiger partial charge on any atom is -0.481 e. The zero-order chi connectivity index (χ0) is 13.9. The summed E-state index contributed by atoms with van der Waals surface area (Å²) in [4.78, 5) is 11.5. The molecular formula is C15H14O2. The molecule has 0 spiro atoms. The third-order valence-corrected chi connectivity index (χ3v) is 2.43. The van der Waals surface area contributed by atoms with E-state index in [0.717, 1.165) is 0 Å². The summed E-state index contributed by atoms with van der Waals surface area (Å²) in [6.45, 7) is 0. The van der Waals surface area contributed by atoms with Crippen LogP contribution in [0, 0.1) is 0 Å². The Morgan fingerprint density at radius 3 is 2.18 bits per heavy atom. The topological polar surface area (TPSA) is 37.3 Å². The molecular weight excluding hydrogens is 212 g/mol. The van der Waals surface area contributed by atoms with Gasteiger partial charge < -0.3 is 5.11 Å². The van der Waals surface area contributed by atoms with E-state index in [9.17, 15) is 9.90 Å². The lowest BCUT2D eigenvalue weighted by molar-refractivity contribution is -0.138. The first-order valence-electron chi connectivity index (χ1n) is 6.40. The van der Waals surface area contributed by atoms with Gasteiger partial charge in [-0.1, -0.05) is 60.7 Å². The number of carboxylic acids is 1. The van der Waals surface area contributed by atoms with Crippen LogP contribution in [0.1, 0.15) is 19.8 Å². The Bertz CT molecular complexity index is 557. The molecule has 2 nitrogen and oxygen atoms in total. The summed E-state index contributed by atoms with van der Waals surface area (Å²) in [5, 5.41) is 9.41. The molecule has 2 atom stereocenters. The average molecular weight is 228 g/mol. The first kappa shape index (κ1) is 8.99. The summed E-state index contributed by atoms with van der Waals surface area (Å²) in [5.74, 6) is -3.33. The molecule has 0 amide bonds. The molecule has 2 aromatic rings. The van der Waals surface area contributed by atoms with Gasteiger partial charge in [-0.25, -0.2) is 0 Å². The zero-order valence-electron chi connectivity index (χ0n) is 11.2. The molecule has 0 saturated heterocycles. The summed E-state index contributed by atoms with van der Waals surface area (Å²) in [6, 6.07) is 16.9. The van der Waals surface area contributed by atoms with Crippen LogP contribution in [0.3, 0.4) is 0 Å². The lowest BCUT2D eigenvalue weighted by atomic mass is 9.92. The summed E-state index contributed by atoms with van der Waals surface area (Å²) < 4.78 is 16.4. The highest BCUT2D eigenvalue weighted by molar-refractivity contribution is 5.76. The molecule has 1 N–H and O–H groups in total. The summed E-state index contributed by atoms with van der Waals surface area (Å²) in [5.41, 5.74) is 0.829. The minimum absolute atomic E-state index is 0.311. The number of benzene rings is 2. The van der Waals surface area contributed by atoms with E-state index in [2.05, 4.69) is 0 Å². The first-order valence-corrected chi connectivity index (χ1v) is 5.33. The fraction of sp³-hybridized carbons (Fsp3) is 0.133. The molecule has 0 aliphatic rings. The Morgan fingerprint density at radius 2 is 1.65 bits per heavy atom. The number of hydrogen-bond acceptors (Lipinski definition) is 1. The SMILES string of the molecule is [2H]C(c1ccccc1)C([2H])(C(=O)O)c1ccccc1. The molecule has 0 radical (unpaired) electrons. The van der Waals surface area contributed by atoms with Gasteiger partial charge in [-0.2, -0.15) is 0 Å². The van der Waals surface area contributed by atoms with Crippen LogP contribution in [-0.4, -0.2) is 11.1 Å². The number of carbonyl (C=O) groups is 1. The summed E-state index contributed by atoms with van der Waals surface area (Å²) >= 11 is 0. The van der Waals surface area contributed by atoms with Crippen LogP contribution in [0.5, 0.6) is 0 Å². The van der Waals surface area contributed by atoms with Gasteiger partial charge in [0.25, 0.3) is 0 Å². The van der Waals surface area contributed by atoms with Crippen molar-refractivity contribution < 1.29 is 12.6 Å². The normalized spacial score (nSPS) is 17.4. The average Bonchev–Trinajstić information content (AvgIpc) is 2.47. The van der Waals surface area contributed by atoms with Gasteiger partial charge in [0.2, 0.25) is 0 Å². The van der Waals surface area contributed by atoms with E-state index in [4.69, 9.17) is 2.74 Å². The number of hydrogen-bond donors (Lipinski definition) is 1. The van der Waals surface area contributed by atoms with Gasteiger partial charge in [0, 0.05) is 2.74 Å². The Kier molecular flexibility index (Phi) is 2.81. The highest BCUT2D eigenvalue weighted by atomic mass is 16.4. The molecule has 2 heteroatoms. The van der Waals surface area contributed by atoms with E-state index in [1.165, 1.54) is 0 Å². The molecule has 0 heterocycles. The predicted octanol–water partition coefficient (Wildman–Crippen LogP) is 3.10. The standard InChI is InChI=1S/C15H14O2/c16-15(17)14(13-9-5-2-6-10-13)11-12-7-3-1-4-8-12/h1-10,14H,11H2,(H,16,17)/i11D,14D. The van der Waals surface area contributed by atoms with Crippen LogP contribution in [0.4, 0.5) is 0 Å². The minimum atomic E-state index is -2.01. The zero-order valence-corrected chi connectivity index (χ0v) is 9.21. The lowest BCUT2D eigenvalue weighted by Gasteiger charge is -2.12. The van der Waals surface area contributed by atoms with Crippen LogP contribution < -0.4 is 0 Å². The fourth-order valence-electron chi connectivity index (χ4n) is 1.60. The molecule has 0 aliphatic carbocycles. The van der Waals surface area contributed by atoms with Crippen LogP contribution in [0.2, 0.25) is 0 Å². The Hall–Kier alpha value is -2.09.